The van der Waals surface area contributed by atoms with E-state index in [0.29, 0.717) is 16.7 Å². The van der Waals surface area contributed by atoms with Gasteiger partial charge >= 0.3 is 5.97 Å². The van der Waals surface area contributed by atoms with Crippen molar-refractivity contribution in [3.63, 3.8) is 0 Å². The molecular weight excluding hydrogens is 318 g/mol. The molecule has 1 N–H and O–H groups in total. The van der Waals surface area contributed by atoms with Gasteiger partial charge in [-0.25, -0.2) is 9.80 Å². The van der Waals surface area contributed by atoms with Crippen LogP contribution in [-0.2, 0) is 11.3 Å². The van der Waals surface area contributed by atoms with E-state index in [4.69, 9.17) is 11.0 Å². The molecule has 0 spiro atoms. The molecule has 0 saturated heterocycles. The highest BCUT2D eigenvalue weighted by Gasteiger charge is 2.29. The predicted molar refractivity (Wildman–Crippen MR) is 94.2 cm³/mol. The predicted octanol–water partition coefficient (Wildman–Crippen LogP) is 3.82. The lowest BCUT2D eigenvalue weighted by atomic mass is 9.99. The zero-order valence-electron chi connectivity index (χ0n) is 20.9. The Morgan fingerprint density at radius 3 is 2.56 bits per heavy atom. The molecule has 128 valence electrons. The SMILES string of the molecule is [2H]C([2H])([2H])C([2H])(C([2H])([2H])[2H])[C@@]([2H])(C(=O)O)N(Cc1ccc(-c2ccccc2C#N)cc1)N=O. The first-order chi connectivity index (χ1) is 15.1. The van der Waals surface area contributed by atoms with Crippen LogP contribution in [0.3, 0.4) is 0 Å². The number of nitrogens with zero attached hydrogens (tertiary/aromatic N) is 3. The van der Waals surface area contributed by atoms with Gasteiger partial charge in [0.05, 0.1) is 24.8 Å². The molecule has 1 atom stereocenters. The smallest absolute Gasteiger partial charge is 0.328 e. The minimum Gasteiger partial charge on any atom is -0.480 e. The van der Waals surface area contributed by atoms with Crippen LogP contribution in [0.25, 0.3) is 11.1 Å². The first kappa shape index (κ1) is 9.94. The van der Waals surface area contributed by atoms with Crippen LogP contribution in [0.2, 0.25) is 0 Å². The van der Waals surface area contributed by atoms with Crippen molar-refractivity contribution in [2.45, 2.75) is 26.3 Å². The Morgan fingerprint density at radius 2 is 2.00 bits per heavy atom. The molecule has 0 radical (unpaired) electrons. The van der Waals surface area contributed by atoms with Crippen LogP contribution in [0.5, 0.6) is 0 Å². The molecule has 2 aromatic rings. The van der Waals surface area contributed by atoms with E-state index in [1.165, 1.54) is 12.1 Å². The van der Waals surface area contributed by atoms with E-state index in [0.717, 1.165) is 0 Å². The monoisotopic (exact) mass is 345 g/mol. The summed E-state index contributed by atoms with van der Waals surface area (Å²) in [6, 6.07) is 10.9. The Labute approximate surface area is 157 Å². The zero-order chi connectivity index (χ0) is 25.2. The first-order valence-electron chi connectivity index (χ1n) is 11.1. The highest BCUT2D eigenvalue weighted by atomic mass is 16.4. The Hall–Kier alpha value is -3.20. The maximum Gasteiger partial charge on any atom is 0.328 e. The molecule has 2 aromatic carbocycles. The summed E-state index contributed by atoms with van der Waals surface area (Å²) in [5.74, 6) is -6.25. The molecule has 25 heavy (non-hydrogen) atoms. The maximum atomic E-state index is 12.0. The van der Waals surface area contributed by atoms with Crippen LogP contribution in [0.4, 0.5) is 0 Å². The van der Waals surface area contributed by atoms with Gasteiger partial charge in [0, 0.05) is 9.60 Å². The van der Waals surface area contributed by atoms with Crippen LogP contribution >= 0.6 is 0 Å². The fourth-order valence-electron chi connectivity index (χ4n) is 2.29. The van der Waals surface area contributed by atoms with Gasteiger partial charge in [0.1, 0.15) is 6.02 Å². The standard InChI is InChI=1S/C19H19N3O3/c1-13(2)18(19(23)24)22(21-25)12-14-7-9-15(10-8-14)17-6-4-3-5-16(17)11-20/h3-10,13,18H,12H2,1-2H3,(H,23,24)/t18-/m0/s1/i1D3,2D3,13D,18D. The molecule has 0 aliphatic rings. The molecule has 0 saturated carbocycles. The summed E-state index contributed by atoms with van der Waals surface area (Å²) >= 11 is 0. The van der Waals surface area contributed by atoms with Crippen molar-refractivity contribution >= 4 is 5.97 Å². The minimum atomic E-state index is -3.92. The van der Waals surface area contributed by atoms with Crippen molar-refractivity contribution in [2.24, 2.45) is 11.2 Å². The van der Waals surface area contributed by atoms with Gasteiger partial charge in [-0.05, 0) is 28.7 Å². The average Bonchev–Trinajstić information content (AvgIpc) is 2.75. The number of benzene rings is 2. The van der Waals surface area contributed by atoms with Crippen LogP contribution in [0, 0.1) is 22.1 Å². The van der Waals surface area contributed by atoms with Gasteiger partial charge in [-0.1, -0.05) is 56.2 Å². The summed E-state index contributed by atoms with van der Waals surface area (Å²) in [5, 5.41) is 21.3. The minimum absolute atomic E-state index is 0.0701. The molecule has 0 unspecified atom stereocenters. The molecule has 2 rings (SSSR count). The lowest BCUT2D eigenvalue weighted by molar-refractivity contribution is -0.145. The normalized spacial score (nSPS) is 19.0. The first-order valence-corrected chi connectivity index (χ1v) is 7.08. The number of carbonyl (C=O) groups is 1. The van der Waals surface area contributed by atoms with Gasteiger partial charge in [0.2, 0.25) is 0 Å². The second-order valence-corrected chi connectivity index (χ2v) is 5.02. The lowest BCUT2D eigenvalue weighted by Gasteiger charge is -2.25. The maximum absolute atomic E-state index is 12.0. The highest BCUT2D eigenvalue weighted by Crippen LogP contribution is 2.24. The van der Waals surface area contributed by atoms with Crippen LogP contribution < -0.4 is 0 Å². The summed E-state index contributed by atoms with van der Waals surface area (Å²) in [5.41, 5.74) is 1.79. The molecule has 0 aliphatic carbocycles. The lowest BCUT2D eigenvalue weighted by Crippen LogP contribution is -2.41. The third-order valence-corrected chi connectivity index (χ3v) is 3.44. The van der Waals surface area contributed by atoms with Crippen molar-refractivity contribution < 1.29 is 20.9 Å². The Bertz CT molecular complexity index is 1070. The van der Waals surface area contributed by atoms with E-state index in [1.54, 1.807) is 36.4 Å². The Balaban J connectivity index is 2.53. The van der Waals surface area contributed by atoms with Gasteiger partial charge in [0.15, 0.2) is 0 Å². The molecule has 6 nitrogen and oxygen atoms in total. The van der Waals surface area contributed by atoms with E-state index in [1.807, 2.05) is 6.07 Å². The molecule has 0 aliphatic heterocycles. The zero-order valence-corrected chi connectivity index (χ0v) is 12.9. The second kappa shape index (κ2) is 8.06. The van der Waals surface area contributed by atoms with Crippen molar-refractivity contribution in [1.29, 1.82) is 5.26 Å². The Morgan fingerprint density at radius 1 is 1.32 bits per heavy atom. The molecule has 0 fully saturated rings. The molecular formula is C19H19N3O3. The van der Waals surface area contributed by atoms with E-state index in [2.05, 4.69) is 5.29 Å². The van der Waals surface area contributed by atoms with Gasteiger partial charge < -0.3 is 5.11 Å². The number of carboxylic acids is 1. The summed E-state index contributed by atoms with van der Waals surface area (Å²) in [6.07, 6.45) is 0. The number of nitroso groups, excluding NO2 is 1. The molecule has 0 amide bonds. The van der Waals surface area contributed by atoms with Gasteiger partial charge in [0.25, 0.3) is 0 Å². The number of aliphatic carboxylic acids is 1. The largest absolute Gasteiger partial charge is 0.480 e. The third-order valence-electron chi connectivity index (χ3n) is 3.44. The van der Waals surface area contributed by atoms with Crippen molar-refractivity contribution in [3.8, 4) is 17.2 Å². The Kier molecular flexibility index (Phi) is 3.21. The van der Waals surface area contributed by atoms with Gasteiger partial charge in [-0.15, -0.1) is 4.91 Å². The number of carboxylic acid groups (broad SMARTS) is 1. The van der Waals surface area contributed by atoms with E-state index in [-0.39, 0.29) is 10.6 Å². The fraction of sp³-hybridized carbons (Fsp3) is 0.263. The third kappa shape index (κ3) is 4.21. The topological polar surface area (TPSA) is 93.8 Å². The molecule has 0 heterocycles. The molecule has 0 bridgehead atoms. The summed E-state index contributed by atoms with van der Waals surface area (Å²) in [6.45, 7) is -8.33. The van der Waals surface area contributed by atoms with Crippen molar-refractivity contribution in [3.05, 3.63) is 64.6 Å². The van der Waals surface area contributed by atoms with Crippen molar-refractivity contribution in [2.75, 3.05) is 0 Å². The van der Waals surface area contributed by atoms with Gasteiger partial charge in [-0.3, -0.25) is 0 Å². The average molecular weight is 345 g/mol. The van der Waals surface area contributed by atoms with Crippen LogP contribution in [0.15, 0.2) is 53.8 Å². The number of rotatable bonds is 7. The molecule has 0 aromatic heterocycles. The van der Waals surface area contributed by atoms with Crippen molar-refractivity contribution in [1.82, 2.24) is 5.01 Å². The summed E-state index contributed by atoms with van der Waals surface area (Å²) in [4.78, 5) is 23.5. The van der Waals surface area contributed by atoms with E-state index >= 15 is 0 Å². The highest BCUT2D eigenvalue weighted by molar-refractivity contribution is 5.73. The summed E-state index contributed by atoms with van der Waals surface area (Å²) in [7, 11) is 0. The van der Waals surface area contributed by atoms with E-state index < -0.39 is 38.1 Å². The quantitative estimate of drug-likeness (QED) is 0.608. The molecule has 6 heteroatoms. The number of nitriles is 1. The van der Waals surface area contributed by atoms with E-state index in [9.17, 15) is 20.1 Å². The van der Waals surface area contributed by atoms with Crippen LogP contribution in [0.1, 0.15) is 35.8 Å². The summed E-state index contributed by atoms with van der Waals surface area (Å²) < 4.78 is 61.4. The second-order valence-electron chi connectivity index (χ2n) is 5.02. The number of hydrogen-bond acceptors (Lipinski definition) is 4. The van der Waals surface area contributed by atoms with Gasteiger partial charge in [-0.2, -0.15) is 5.26 Å². The number of hydrogen-bond donors (Lipinski definition) is 1. The fourth-order valence-corrected chi connectivity index (χ4v) is 2.29. The van der Waals surface area contributed by atoms with Crippen LogP contribution in [-0.4, -0.2) is 22.1 Å².